The second-order valence-electron chi connectivity index (χ2n) is 10.4. The third kappa shape index (κ3) is 9.57. The zero-order chi connectivity index (χ0) is 31.3. The van der Waals surface area contributed by atoms with Gasteiger partial charge in [-0.2, -0.15) is 0 Å². The molecule has 44 heavy (non-hydrogen) atoms. The summed E-state index contributed by atoms with van der Waals surface area (Å²) in [5.74, 6) is -0.794. The molecule has 0 unspecified atom stereocenters. The second-order valence-corrected chi connectivity index (χ2v) is 10.4. The number of aliphatic hydroxyl groups excluding tert-OH is 4. The first kappa shape index (κ1) is 33.5. The minimum atomic E-state index is -1.99. The summed E-state index contributed by atoms with van der Waals surface area (Å²) in [5, 5.41) is 42.8. The first-order chi connectivity index (χ1) is 21.4. The molecule has 1 aliphatic rings. The molecule has 1 aliphatic heterocycles. The van der Waals surface area contributed by atoms with Gasteiger partial charge >= 0.3 is 0 Å². The van der Waals surface area contributed by atoms with E-state index in [2.05, 4.69) is 0 Å². The number of hydrogen-bond donors (Lipinski definition) is 4. The van der Waals surface area contributed by atoms with Crippen LogP contribution in [0.4, 0.5) is 0 Å². The molecule has 236 valence electrons. The number of carbonyl (C=O) groups excluding carboxylic acids is 2. The van der Waals surface area contributed by atoms with Crippen LogP contribution in [0.2, 0.25) is 0 Å². The zero-order valence-electron chi connectivity index (χ0n) is 24.0. The Hall–Kier alpha value is -3.36. The van der Waals surface area contributed by atoms with Gasteiger partial charge in [0, 0.05) is 0 Å². The molecule has 4 rings (SSSR count). The number of rotatable bonds is 17. The van der Waals surface area contributed by atoms with Crippen LogP contribution in [-0.4, -0.2) is 94.7 Å². The standard InChI is InChI=1S/C33H38O11/c34-16-25(35)28(37)31(26(36)20-40-17-22-10-4-1-5-11-22)44-33-32(42-19-24-14-8-3-9-15-24)30(39)29(38)27(43-33)21-41-18-23-12-6-2-7-13-23/h1-16,25,27-33,35,37-39H,17-21H2/t25-,27+,28+,29-,30-,31+,32+,33-/m0/s1. The Labute approximate surface area is 255 Å². The molecule has 11 heteroatoms. The van der Waals surface area contributed by atoms with Crippen molar-refractivity contribution in [3.63, 3.8) is 0 Å². The number of benzene rings is 3. The van der Waals surface area contributed by atoms with E-state index in [4.69, 9.17) is 23.7 Å². The Morgan fingerprint density at radius 1 is 0.773 bits per heavy atom. The minimum absolute atomic E-state index is 0.00794. The van der Waals surface area contributed by atoms with E-state index in [1.165, 1.54) is 0 Å². The molecular formula is C33H38O11. The number of ether oxygens (including phenoxy) is 5. The van der Waals surface area contributed by atoms with Gasteiger partial charge in [-0.3, -0.25) is 4.79 Å². The number of Topliss-reactive ketones (excluding diaryl/α,β-unsaturated/α-hetero) is 1. The number of aldehydes is 1. The maximum Gasteiger partial charge on any atom is 0.190 e. The normalized spacial score (nSPS) is 23.9. The van der Waals surface area contributed by atoms with Crippen molar-refractivity contribution in [1.29, 1.82) is 0 Å². The van der Waals surface area contributed by atoms with E-state index in [0.717, 1.165) is 16.7 Å². The van der Waals surface area contributed by atoms with Gasteiger partial charge in [-0.05, 0) is 16.7 Å². The smallest absolute Gasteiger partial charge is 0.190 e. The van der Waals surface area contributed by atoms with Gasteiger partial charge in [0.1, 0.15) is 43.2 Å². The van der Waals surface area contributed by atoms with Crippen LogP contribution < -0.4 is 0 Å². The fourth-order valence-corrected chi connectivity index (χ4v) is 4.64. The maximum absolute atomic E-state index is 13.2. The van der Waals surface area contributed by atoms with Crippen molar-refractivity contribution in [2.24, 2.45) is 0 Å². The van der Waals surface area contributed by atoms with E-state index < -0.39 is 61.4 Å². The zero-order valence-corrected chi connectivity index (χ0v) is 24.0. The molecule has 4 N–H and O–H groups in total. The molecule has 3 aromatic rings. The molecule has 0 saturated carbocycles. The van der Waals surface area contributed by atoms with E-state index in [1.54, 1.807) is 36.4 Å². The van der Waals surface area contributed by atoms with Crippen LogP contribution in [-0.2, 0) is 53.1 Å². The Kier molecular flexibility index (Phi) is 13.1. The van der Waals surface area contributed by atoms with Crippen LogP contribution in [0, 0.1) is 0 Å². The molecule has 3 aromatic carbocycles. The highest BCUT2D eigenvalue weighted by atomic mass is 16.7. The highest BCUT2D eigenvalue weighted by Crippen LogP contribution is 2.28. The van der Waals surface area contributed by atoms with Crippen molar-refractivity contribution >= 4 is 12.1 Å². The molecule has 1 fully saturated rings. The lowest BCUT2D eigenvalue weighted by Gasteiger charge is -2.43. The monoisotopic (exact) mass is 610 g/mol. The van der Waals surface area contributed by atoms with Gasteiger partial charge in [0.2, 0.25) is 0 Å². The van der Waals surface area contributed by atoms with Crippen LogP contribution in [0.5, 0.6) is 0 Å². The molecule has 0 amide bonds. The lowest BCUT2D eigenvalue weighted by Crippen LogP contribution is -2.62. The highest BCUT2D eigenvalue weighted by molar-refractivity contribution is 5.85. The molecular weight excluding hydrogens is 572 g/mol. The summed E-state index contributed by atoms with van der Waals surface area (Å²) < 4.78 is 29.0. The van der Waals surface area contributed by atoms with Crippen LogP contribution in [0.3, 0.4) is 0 Å². The van der Waals surface area contributed by atoms with Crippen LogP contribution in [0.25, 0.3) is 0 Å². The van der Waals surface area contributed by atoms with Gasteiger partial charge in [-0.1, -0.05) is 91.0 Å². The van der Waals surface area contributed by atoms with Gasteiger partial charge in [0.15, 0.2) is 24.5 Å². The molecule has 0 aromatic heterocycles. The van der Waals surface area contributed by atoms with Crippen LogP contribution >= 0.6 is 0 Å². The van der Waals surface area contributed by atoms with E-state index in [-0.39, 0.29) is 32.7 Å². The van der Waals surface area contributed by atoms with Crippen molar-refractivity contribution in [2.45, 2.75) is 68.8 Å². The molecule has 0 radical (unpaired) electrons. The van der Waals surface area contributed by atoms with E-state index in [9.17, 15) is 30.0 Å². The number of hydrogen-bond acceptors (Lipinski definition) is 11. The summed E-state index contributed by atoms with van der Waals surface area (Å²) in [4.78, 5) is 24.6. The largest absolute Gasteiger partial charge is 0.387 e. The van der Waals surface area contributed by atoms with E-state index in [1.807, 2.05) is 54.6 Å². The average Bonchev–Trinajstić information content (AvgIpc) is 3.06. The molecule has 1 saturated heterocycles. The Morgan fingerprint density at radius 3 is 1.84 bits per heavy atom. The van der Waals surface area contributed by atoms with Gasteiger partial charge in [-0.15, -0.1) is 0 Å². The highest BCUT2D eigenvalue weighted by Gasteiger charge is 2.48. The number of aliphatic hydroxyl groups is 4. The van der Waals surface area contributed by atoms with Crippen molar-refractivity contribution < 1.29 is 53.7 Å². The molecule has 11 nitrogen and oxygen atoms in total. The molecule has 8 atom stereocenters. The summed E-state index contributed by atoms with van der Waals surface area (Å²) in [5.41, 5.74) is 2.42. The minimum Gasteiger partial charge on any atom is -0.387 e. The van der Waals surface area contributed by atoms with E-state index in [0.29, 0.717) is 0 Å². The van der Waals surface area contributed by atoms with Crippen molar-refractivity contribution in [3.05, 3.63) is 108 Å². The average molecular weight is 611 g/mol. The topological polar surface area (TPSA) is 161 Å². The Morgan fingerprint density at radius 2 is 1.30 bits per heavy atom. The van der Waals surface area contributed by atoms with Crippen molar-refractivity contribution in [1.82, 2.24) is 0 Å². The first-order valence-corrected chi connectivity index (χ1v) is 14.3. The number of carbonyl (C=O) groups is 2. The SMILES string of the molecule is O=C[C@H](O)[C@@H](O)[C@H](O[C@@H]1O[C@H](COCc2ccccc2)[C@H](O)[C@H](O)[C@H]1OCc1ccccc1)C(=O)COCc1ccccc1. The predicted octanol–water partition coefficient (Wildman–Crippen LogP) is 1.33. The summed E-state index contributed by atoms with van der Waals surface area (Å²) in [7, 11) is 0. The molecule has 0 spiro atoms. The molecule has 0 bridgehead atoms. The second kappa shape index (κ2) is 17.2. The lowest BCUT2D eigenvalue weighted by atomic mass is 9.98. The quantitative estimate of drug-likeness (QED) is 0.163. The fraction of sp³-hybridized carbons (Fsp3) is 0.394. The number of ketones is 1. The van der Waals surface area contributed by atoms with Crippen LogP contribution in [0.1, 0.15) is 16.7 Å². The van der Waals surface area contributed by atoms with Gasteiger partial charge < -0.3 is 48.9 Å². The van der Waals surface area contributed by atoms with Crippen molar-refractivity contribution in [2.75, 3.05) is 13.2 Å². The first-order valence-electron chi connectivity index (χ1n) is 14.3. The summed E-state index contributed by atoms with van der Waals surface area (Å²) in [6.07, 6.45) is -12.7. The maximum atomic E-state index is 13.2. The summed E-state index contributed by atoms with van der Waals surface area (Å²) >= 11 is 0. The third-order valence-corrected chi connectivity index (χ3v) is 7.08. The Bertz CT molecular complexity index is 1260. The molecule has 0 aliphatic carbocycles. The fourth-order valence-electron chi connectivity index (χ4n) is 4.64. The van der Waals surface area contributed by atoms with Gasteiger partial charge in [0.25, 0.3) is 0 Å². The summed E-state index contributed by atoms with van der Waals surface area (Å²) in [6.45, 7) is -0.408. The van der Waals surface area contributed by atoms with Gasteiger partial charge in [-0.25, -0.2) is 0 Å². The summed E-state index contributed by atoms with van der Waals surface area (Å²) in [6, 6.07) is 27.4. The molecule has 1 heterocycles. The predicted molar refractivity (Wildman–Crippen MR) is 156 cm³/mol. The lowest BCUT2D eigenvalue weighted by molar-refractivity contribution is -0.326. The van der Waals surface area contributed by atoms with E-state index >= 15 is 0 Å². The van der Waals surface area contributed by atoms with Crippen LogP contribution in [0.15, 0.2) is 91.0 Å². The van der Waals surface area contributed by atoms with Gasteiger partial charge in [0.05, 0.1) is 26.4 Å². The third-order valence-electron chi connectivity index (χ3n) is 7.08. The van der Waals surface area contributed by atoms with Crippen molar-refractivity contribution in [3.8, 4) is 0 Å². The Balaban J connectivity index is 1.50.